The van der Waals surface area contributed by atoms with Crippen molar-refractivity contribution in [3.63, 3.8) is 0 Å². The second kappa shape index (κ2) is 8.32. The molecule has 0 aliphatic rings. The SMILES string of the molecule is C=C(CNCC)COc1cc(OC)c(OC)c(OC)c1. The smallest absolute Gasteiger partial charge is 0.203 e. The summed E-state index contributed by atoms with van der Waals surface area (Å²) in [4.78, 5) is 0. The van der Waals surface area contributed by atoms with E-state index in [9.17, 15) is 0 Å². The van der Waals surface area contributed by atoms with Crippen LogP contribution < -0.4 is 24.3 Å². The highest BCUT2D eigenvalue weighted by molar-refractivity contribution is 5.55. The van der Waals surface area contributed by atoms with E-state index in [1.807, 2.05) is 6.92 Å². The van der Waals surface area contributed by atoms with Crippen LogP contribution in [0.1, 0.15) is 6.92 Å². The van der Waals surface area contributed by atoms with Gasteiger partial charge in [0.25, 0.3) is 0 Å². The van der Waals surface area contributed by atoms with Crippen molar-refractivity contribution in [2.45, 2.75) is 6.92 Å². The molecule has 0 saturated carbocycles. The Kier molecular flexibility index (Phi) is 6.73. The Morgan fingerprint density at radius 3 is 2.15 bits per heavy atom. The Morgan fingerprint density at radius 1 is 1.10 bits per heavy atom. The van der Waals surface area contributed by atoms with Gasteiger partial charge in [0.05, 0.1) is 21.3 Å². The van der Waals surface area contributed by atoms with Crippen molar-refractivity contribution >= 4 is 0 Å². The monoisotopic (exact) mass is 281 g/mol. The van der Waals surface area contributed by atoms with E-state index in [0.29, 0.717) is 29.6 Å². The predicted molar refractivity (Wildman–Crippen MR) is 79.3 cm³/mol. The maximum atomic E-state index is 5.69. The molecule has 5 heteroatoms. The highest BCUT2D eigenvalue weighted by atomic mass is 16.5. The third-order valence-electron chi connectivity index (χ3n) is 2.71. The maximum Gasteiger partial charge on any atom is 0.203 e. The Bertz CT molecular complexity index is 420. The first-order valence-electron chi connectivity index (χ1n) is 6.46. The van der Waals surface area contributed by atoms with Gasteiger partial charge in [-0.2, -0.15) is 0 Å². The lowest BCUT2D eigenvalue weighted by Crippen LogP contribution is -2.18. The van der Waals surface area contributed by atoms with Crippen LogP contribution in [0.3, 0.4) is 0 Å². The quantitative estimate of drug-likeness (QED) is 0.704. The van der Waals surface area contributed by atoms with Crippen LogP contribution in [-0.4, -0.2) is 41.0 Å². The van der Waals surface area contributed by atoms with Gasteiger partial charge in [0, 0.05) is 18.7 Å². The van der Waals surface area contributed by atoms with Gasteiger partial charge in [-0.05, 0) is 12.1 Å². The molecule has 0 bridgehead atoms. The summed E-state index contributed by atoms with van der Waals surface area (Å²) in [6, 6.07) is 3.53. The predicted octanol–water partition coefficient (Wildman–Crippen LogP) is 2.26. The lowest BCUT2D eigenvalue weighted by Gasteiger charge is -2.15. The van der Waals surface area contributed by atoms with Crippen molar-refractivity contribution < 1.29 is 18.9 Å². The summed E-state index contributed by atoms with van der Waals surface area (Å²) in [6.07, 6.45) is 0. The molecule has 5 nitrogen and oxygen atoms in total. The minimum atomic E-state index is 0.436. The topological polar surface area (TPSA) is 49.0 Å². The summed E-state index contributed by atoms with van der Waals surface area (Å²) in [7, 11) is 4.72. The Hall–Kier alpha value is -1.88. The van der Waals surface area contributed by atoms with E-state index in [-0.39, 0.29) is 0 Å². The molecule has 0 atom stereocenters. The van der Waals surface area contributed by atoms with E-state index >= 15 is 0 Å². The third kappa shape index (κ3) is 4.35. The first-order valence-corrected chi connectivity index (χ1v) is 6.46. The van der Waals surface area contributed by atoms with Gasteiger partial charge < -0.3 is 24.3 Å². The first-order chi connectivity index (χ1) is 9.65. The van der Waals surface area contributed by atoms with Crippen molar-refractivity contribution in [2.24, 2.45) is 0 Å². The van der Waals surface area contributed by atoms with Crippen LogP contribution in [0.2, 0.25) is 0 Å². The molecular formula is C15H23NO4. The summed E-state index contributed by atoms with van der Waals surface area (Å²) >= 11 is 0. The summed E-state index contributed by atoms with van der Waals surface area (Å²) in [6.45, 7) is 8.08. The van der Waals surface area contributed by atoms with Crippen molar-refractivity contribution in [1.29, 1.82) is 0 Å². The highest BCUT2D eigenvalue weighted by Crippen LogP contribution is 2.40. The van der Waals surface area contributed by atoms with E-state index < -0.39 is 0 Å². The molecule has 1 aromatic rings. The number of ether oxygens (including phenoxy) is 4. The molecule has 0 spiro atoms. The van der Waals surface area contributed by atoms with Gasteiger partial charge in [-0.25, -0.2) is 0 Å². The lowest BCUT2D eigenvalue weighted by molar-refractivity contribution is 0.310. The van der Waals surface area contributed by atoms with Crippen molar-refractivity contribution in [3.8, 4) is 23.0 Å². The average Bonchev–Trinajstić information content (AvgIpc) is 2.49. The molecule has 0 aliphatic carbocycles. The van der Waals surface area contributed by atoms with Gasteiger partial charge >= 0.3 is 0 Å². The molecule has 0 amide bonds. The summed E-state index contributed by atoms with van der Waals surface area (Å²) in [5.74, 6) is 2.34. The van der Waals surface area contributed by atoms with Crippen molar-refractivity contribution in [1.82, 2.24) is 5.32 Å². The molecule has 0 radical (unpaired) electrons. The van der Waals surface area contributed by atoms with Gasteiger partial charge in [-0.3, -0.25) is 0 Å². The molecule has 112 valence electrons. The second-order valence-electron chi connectivity index (χ2n) is 4.18. The van der Waals surface area contributed by atoms with Crippen molar-refractivity contribution in [2.75, 3.05) is 41.0 Å². The zero-order valence-corrected chi connectivity index (χ0v) is 12.6. The molecule has 0 aliphatic heterocycles. The molecule has 1 rings (SSSR count). The van der Waals surface area contributed by atoms with Crippen LogP contribution in [0.5, 0.6) is 23.0 Å². The van der Waals surface area contributed by atoms with Gasteiger partial charge in [0.1, 0.15) is 12.4 Å². The largest absolute Gasteiger partial charge is 0.493 e. The second-order valence-corrected chi connectivity index (χ2v) is 4.18. The minimum absolute atomic E-state index is 0.436. The molecule has 1 aromatic carbocycles. The molecule has 20 heavy (non-hydrogen) atoms. The molecule has 0 saturated heterocycles. The average molecular weight is 281 g/mol. The third-order valence-corrected chi connectivity index (χ3v) is 2.71. The van der Waals surface area contributed by atoms with Crippen LogP contribution in [-0.2, 0) is 0 Å². The number of nitrogens with one attached hydrogen (secondary N) is 1. The molecule has 0 heterocycles. The lowest BCUT2D eigenvalue weighted by atomic mass is 10.2. The fraction of sp³-hybridized carbons (Fsp3) is 0.467. The summed E-state index contributed by atoms with van der Waals surface area (Å²) in [5.41, 5.74) is 0.973. The zero-order valence-electron chi connectivity index (χ0n) is 12.6. The number of hydrogen-bond acceptors (Lipinski definition) is 5. The van der Waals surface area contributed by atoms with Gasteiger partial charge in [-0.15, -0.1) is 0 Å². The fourth-order valence-electron chi connectivity index (χ4n) is 1.68. The normalized spacial score (nSPS) is 10.0. The number of rotatable bonds is 9. The molecule has 0 fully saturated rings. The molecule has 0 aromatic heterocycles. The fourth-order valence-corrected chi connectivity index (χ4v) is 1.68. The van der Waals surface area contributed by atoms with E-state index in [4.69, 9.17) is 18.9 Å². The molecule has 1 N–H and O–H groups in total. The molecular weight excluding hydrogens is 258 g/mol. The standard InChI is InChI=1S/C15H23NO4/c1-6-16-9-11(2)10-20-12-7-13(17-3)15(19-5)14(8-12)18-4/h7-8,16H,2,6,9-10H2,1,3-5H3. The van der Waals surface area contributed by atoms with E-state index in [0.717, 1.165) is 18.7 Å². The summed E-state index contributed by atoms with van der Waals surface area (Å²) in [5, 5.41) is 3.20. The van der Waals surface area contributed by atoms with Gasteiger partial charge in [-0.1, -0.05) is 13.5 Å². The van der Waals surface area contributed by atoms with Crippen molar-refractivity contribution in [3.05, 3.63) is 24.3 Å². The van der Waals surface area contributed by atoms with Crippen LogP contribution in [0.15, 0.2) is 24.3 Å². The maximum absolute atomic E-state index is 5.69. The zero-order chi connectivity index (χ0) is 15.0. The van der Waals surface area contributed by atoms with Gasteiger partial charge in [0.15, 0.2) is 11.5 Å². The van der Waals surface area contributed by atoms with E-state index in [1.165, 1.54) is 0 Å². The Balaban J connectivity index is 2.78. The van der Waals surface area contributed by atoms with Crippen LogP contribution in [0.25, 0.3) is 0 Å². The summed E-state index contributed by atoms with van der Waals surface area (Å²) < 4.78 is 21.5. The van der Waals surface area contributed by atoms with Crippen LogP contribution in [0.4, 0.5) is 0 Å². The number of hydrogen-bond donors (Lipinski definition) is 1. The van der Waals surface area contributed by atoms with E-state index in [1.54, 1.807) is 33.5 Å². The number of methoxy groups -OCH3 is 3. The molecule has 0 unspecified atom stereocenters. The number of benzene rings is 1. The van der Waals surface area contributed by atoms with E-state index in [2.05, 4.69) is 11.9 Å². The Morgan fingerprint density at radius 2 is 1.70 bits per heavy atom. The van der Waals surface area contributed by atoms with Gasteiger partial charge in [0.2, 0.25) is 5.75 Å². The minimum Gasteiger partial charge on any atom is -0.493 e. The van der Waals surface area contributed by atoms with Crippen LogP contribution in [0, 0.1) is 0 Å². The van der Waals surface area contributed by atoms with Crippen LogP contribution >= 0.6 is 0 Å². The Labute approximate surface area is 120 Å². The first kappa shape index (κ1) is 16.2. The highest BCUT2D eigenvalue weighted by Gasteiger charge is 2.13. The number of likely N-dealkylation sites (N-methyl/N-ethyl adjacent to an activating group) is 1.